The summed E-state index contributed by atoms with van der Waals surface area (Å²) in [6, 6.07) is 1.29. The van der Waals surface area contributed by atoms with Crippen LogP contribution in [0.2, 0.25) is 0 Å². The fourth-order valence-corrected chi connectivity index (χ4v) is 6.03. The highest BCUT2D eigenvalue weighted by atomic mass is 16.8. The lowest BCUT2D eigenvalue weighted by molar-refractivity contribution is -0.172. The molecule has 1 aromatic rings. The van der Waals surface area contributed by atoms with Crippen molar-refractivity contribution in [2.75, 3.05) is 13.2 Å². The summed E-state index contributed by atoms with van der Waals surface area (Å²) in [5.74, 6) is 0.574. The molecule has 4 aliphatic rings. The van der Waals surface area contributed by atoms with Crippen molar-refractivity contribution in [3.05, 3.63) is 29.1 Å². The van der Waals surface area contributed by atoms with Gasteiger partial charge >= 0.3 is 12.1 Å². The maximum absolute atomic E-state index is 13.7. The first kappa shape index (κ1) is 28.3. The van der Waals surface area contributed by atoms with Gasteiger partial charge in [-0.3, -0.25) is 4.98 Å². The summed E-state index contributed by atoms with van der Waals surface area (Å²) in [7, 11) is 0. The van der Waals surface area contributed by atoms with E-state index in [-0.39, 0.29) is 13.0 Å². The zero-order valence-corrected chi connectivity index (χ0v) is 24.3. The van der Waals surface area contributed by atoms with Gasteiger partial charge in [0.25, 0.3) is 0 Å². The highest BCUT2D eigenvalue weighted by Crippen LogP contribution is 2.42. The SMILES string of the molecule is CC(C)(C)OC(=O)N[C@@H](COCCC1CC1)[C@@]1(Cc2nccc3c2C[C@@H](CCC2CC2)C3)OC(C)(C)OC1=O. The highest BCUT2D eigenvalue weighted by Gasteiger charge is 2.60. The number of pyridine rings is 1. The van der Waals surface area contributed by atoms with Crippen LogP contribution in [-0.2, 0) is 43.0 Å². The van der Waals surface area contributed by atoms with E-state index in [1.165, 1.54) is 49.7 Å². The molecule has 8 heteroatoms. The van der Waals surface area contributed by atoms with Crippen molar-refractivity contribution in [1.29, 1.82) is 0 Å². The smallest absolute Gasteiger partial charge is 0.408 e. The molecule has 1 saturated heterocycles. The third-order valence-electron chi connectivity index (χ3n) is 8.37. The fourth-order valence-electron chi connectivity index (χ4n) is 6.03. The maximum Gasteiger partial charge on any atom is 0.408 e. The standard InChI is InChI=1S/C31H46N2O6/c1-29(2,3)38-28(35)33-26(19-36-15-13-21-8-9-21)31(27(34)37-30(4,5)39-31)18-25-24-17-22(11-10-20-6-7-20)16-23(24)12-14-32-25/h12,14,20-22,26H,6-11,13,15-19H2,1-5H3,(H,33,35)/t22-,26-,31+/m0/s1. The van der Waals surface area contributed by atoms with Gasteiger partial charge in [0.1, 0.15) is 5.60 Å². The molecule has 3 fully saturated rings. The van der Waals surface area contributed by atoms with E-state index in [2.05, 4.69) is 11.4 Å². The molecule has 0 aromatic carbocycles. The topological polar surface area (TPSA) is 96.0 Å². The molecule has 0 spiro atoms. The molecule has 3 aliphatic carbocycles. The molecule has 216 valence electrons. The number of aromatic nitrogens is 1. The summed E-state index contributed by atoms with van der Waals surface area (Å²) in [6.45, 7) is 9.55. The van der Waals surface area contributed by atoms with E-state index in [4.69, 9.17) is 23.9 Å². The minimum Gasteiger partial charge on any atom is -0.444 e. The number of nitrogens with zero attached hydrogens (tertiary/aromatic N) is 1. The van der Waals surface area contributed by atoms with Gasteiger partial charge in [-0.15, -0.1) is 0 Å². The zero-order chi connectivity index (χ0) is 27.8. The number of carbonyl (C=O) groups is 2. The van der Waals surface area contributed by atoms with Gasteiger partial charge in [-0.1, -0.05) is 32.1 Å². The van der Waals surface area contributed by atoms with Gasteiger partial charge in [-0.25, -0.2) is 9.59 Å². The Morgan fingerprint density at radius 1 is 1.10 bits per heavy atom. The molecule has 5 rings (SSSR count). The van der Waals surface area contributed by atoms with Crippen LogP contribution in [0.5, 0.6) is 0 Å². The summed E-state index contributed by atoms with van der Waals surface area (Å²) in [5.41, 5.74) is 1.17. The molecule has 2 heterocycles. The van der Waals surface area contributed by atoms with Crippen molar-refractivity contribution in [3.8, 4) is 0 Å². The Bertz CT molecular complexity index is 1060. The molecule has 1 aliphatic heterocycles. The first-order valence-corrected chi connectivity index (χ1v) is 14.9. The van der Waals surface area contributed by atoms with Crippen molar-refractivity contribution in [2.45, 2.75) is 122 Å². The van der Waals surface area contributed by atoms with Gasteiger partial charge in [0.15, 0.2) is 5.60 Å². The van der Waals surface area contributed by atoms with Gasteiger partial charge < -0.3 is 24.3 Å². The van der Waals surface area contributed by atoms with E-state index in [0.29, 0.717) is 18.4 Å². The number of amides is 1. The van der Waals surface area contributed by atoms with Crippen LogP contribution >= 0.6 is 0 Å². The van der Waals surface area contributed by atoms with Gasteiger partial charge in [-0.2, -0.15) is 0 Å². The average molecular weight is 543 g/mol. The Labute approximate surface area is 232 Å². The predicted molar refractivity (Wildman–Crippen MR) is 146 cm³/mol. The molecule has 2 saturated carbocycles. The third-order valence-corrected chi connectivity index (χ3v) is 8.37. The number of fused-ring (bicyclic) bond motifs is 1. The van der Waals surface area contributed by atoms with Crippen LogP contribution in [-0.4, -0.2) is 53.3 Å². The maximum atomic E-state index is 13.7. The molecular formula is C31H46N2O6. The van der Waals surface area contributed by atoms with Gasteiger partial charge in [-0.05, 0) is 81.4 Å². The van der Waals surface area contributed by atoms with Gasteiger partial charge in [0, 0.05) is 38.8 Å². The lowest BCUT2D eigenvalue weighted by Gasteiger charge is -2.35. The van der Waals surface area contributed by atoms with Crippen molar-refractivity contribution in [3.63, 3.8) is 0 Å². The number of cyclic esters (lactones) is 1. The Hall–Kier alpha value is -2.19. The van der Waals surface area contributed by atoms with E-state index in [1.54, 1.807) is 13.8 Å². The van der Waals surface area contributed by atoms with Crippen LogP contribution in [0.3, 0.4) is 0 Å². The van der Waals surface area contributed by atoms with E-state index < -0.39 is 35.1 Å². The van der Waals surface area contributed by atoms with Crippen molar-refractivity contribution >= 4 is 12.1 Å². The molecule has 0 bridgehead atoms. The summed E-state index contributed by atoms with van der Waals surface area (Å²) in [5, 5.41) is 2.92. The Kier molecular flexibility index (Phi) is 7.99. The molecule has 1 aromatic heterocycles. The number of rotatable bonds is 12. The van der Waals surface area contributed by atoms with Crippen LogP contribution in [0.25, 0.3) is 0 Å². The second-order valence-electron chi connectivity index (χ2n) is 13.7. The van der Waals surface area contributed by atoms with Crippen LogP contribution in [0.15, 0.2) is 12.3 Å². The summed E-state index contributed by atoms with van der Waals surface area (Å²) >= 11 is 0. The normalized spacial score (nSPS) is 26.7. The van der Waals surface area contributed by atoms with Crippen LogP contribution in [0, 0.1) is 17.8 Å². The largest absolute Gasteiger partial charge is 0.444 e. The minimum absolute atomic E-state index is 0.107. The number of ether oxygens (including phenoxy) is 4. The molecule has 3 atom stereocenters. The average Bonchev–Trinajstić information content (AvgIpc) is 3.75. The third kappa shape index (κ3) is 7.31. The lowest BCUT2D eigenvalue weighted by Crippen LogP contribution is -2.61. The molecule has 1 amide bonds. The van der Waals surface area contributed by atoms with Crippen LogP contribution in [0.4, 0.5) is 4.79 Å². The molecular weight excluding hydrogens is 496 g/mol. The van der Waals surface area contributed by atoms with Crippen molar-refractivity contribution in [2.24, 2.45) is 17.8 Å². The van der Waals surface area contributed by atoms with E-state index in [9.17, 15) is 9.59 Å². The number of hydrogen-bond donors (Lipinski definition) is 1. The molecule has 39 heavy (non-hydrogen) atoms. The van der Waals surface area contributed by atoms with E-state index in [0.717, 1.165) is 30.9 Å². The molecule has 0 unspecified atom stereocenters. The number of carbonyl (C=O) groups excluding carboxylic acids is 2. The Morgan fingerprint density at radius 2 is 1.79 bits per heavy atom. The first-order valence-electron chi connectivity index (χ1n) is 14.9. The quantitative estimate of drug-likeness (QED) is 0.283. The number of alkyl carbamates (subject to hydrolysis) is 1. The Balaban J connectivity index is 1.39. The highest BCUT2D eigenvalue weighted by molar-refractivity contribution is 5.84. The summed E-state index contributed by atoms with van der Waals surface area (Å²) in [6.07, 6.45) is 12.1. The lowest BCUT2D eigenvalue weighted by atomic mass is 9.87. The predicted octanol–water partition coefficient (Wildman–Crippen LogP) is 5.29. The summed E-state index contributed by atoms with van der Waals surface area (Å²) < 4.78 is 23.8. The van der Waals surface area contributed by atoms with Crippen molar-refractivity contribution < 1.29 is 28.5 Å². The number of esters is 1. The van der Waals surface area contributed by atoms with E-state index in [1.807, 2.05) is 27.0 Å². The van der Waals surface area contributed by atoms with Crippen LogP contribution in [0.1, 0.15) is 96.4 Å². The fraction of sp³-hybridized carbons (Fsp3) is 0.774. The number of nitrogens with one attached hydrogen (secondary N) is 1. The van der Waals surface area contributed by atoms with Gasteiger partial charge in [0.2, 0.25) is 5.79 Å². The first-order chi connectivity index (χ1) is 18.4. The molecule has 0 radical (unpaired) electrons. The second-order valence-corrected chi connectivity index (χ2v) is 13.7. The minimum atomic E-state index is -1.49. The van der Waals surface area contributed by atoms with Crippen LogP contribution < -0.4 is 5.32 Å². The second kappa shape index (κ2) is 11.0. The van der Waals surface area contributed by atoms with Gasteiger partial charge in [0.05, 0.1) is 12.6 Å². The molecule has 8 nitrogen and oxygen atoms in total. The molecule has 1 N–H and O–H groups in total. The monoisotopic (exact) mass is 542 g/mol. The zero-order valence-electron chi connectivity index (χ0n) is 24.3. The Morgan fingerprint density at radius 3 is 2.44 bits per heavy atom. The number of hydrogen-bond acceptors (Lipinski definition) is 7. The van der Waals surface area contributed by atoms with E-state index >= 15 is 0 Å². The summed E-state index contributed by atoms with van der Waals surface area (Å²) in [4.78, 5) is 31.5. The van der Waals surface area contributed by atoms with Crippen molar-refractivity contribution in [1.82, 2.24) is 10.3 Å².